The average Bonchev–Trinajstić information content (AvgIpc) is 2.87. The topological polar surface area (TPSA) is 81.2 Å². The maximum Gasteiger partial charge on any atom is 0.240 e. The maximum atomic E-state index is 11.6. The first-order chi connectivity index (χ1) is 8.67. The van der Waals surface area contributed by atoms with Gasteiger partial charge in [-0.25, -0.2) is 4.98 Å². The quantitative estimate of drug-likeness (QED) is 0.876. The van der Waals surface area contributed by atoms with E-state index in [1.165, 1.54) is 0 Å². The van der Waals surface area contributed by atoms with Crippen LogP contribution in [-0.4, -0.2) is 16.4 Å². The number of nitrogens with zero attached hydrogens (tertiary/aromatic N) is 1. The van der Waals surface area contributed by atoms with Crippen molar-refractivity contribution in [3.05, 3.63) is 29.5 Å². The van der Waals surface area contributed by atoms with Crippen molar-refractivity contribution in [2.24, 2.45) is 5.73 Å². The highest BCUT2D eigenvalue weighted by atomic mass is 32.1. The smallest absolute Gasteiger partial charge is 0.240 e. The van der Waals surface area contributed by atoms with Gasteiger partial charge in [-0.2, -0.15) is 0 Å². The van der Waals surface area contributed by atoms with E-state index >= 15 is 0 Å². The van der Waals surface area contributed by atoms with Gasteiger partial charge in [-0.05, 0) is 24.3 Å². The lowest BCUT2D eigenvalue weighted by Crippen LogP contribution is -2.42. The first kappa shape index (κ1) is 11.4. The van der Waals surface area contributed by atoms with Gasteiger partial charge in [0, 0.05) is 0 Å². The van der Waals surface area contributed by atoms with Crippen molar-refractivity contribution in [1.29, 1.82) is 0 Å². The molecule has 3 N–H and O–H groups in total. The predicted molar refractivity (Wildman–Crippen MR) is 67.8 cm³/mol. The van der Waals surface area contributed by atoms with Crippen LogP contribution in [0, 0.1) is 0 Å². The molecule has 94 valence electrons. The molecule has 2 aromatic rings. The van der Waals surface area contributed by atoms with E-state index in [0.29, 0.717) is 18.1 Å². The minimum Gasteiger partial charge on any atom is -0.443 e. The van der Waals surface area contributed by atoms with Crippen LogP contribution in [0.25, 0.3) is 10.8 Å². The number of nitrogens with two attached hydrogens (primary N) is 1. The lowest BCUT2D eigenvalue weighted by atomic mass is 10.3. The Labute approximate surface area is 108 Å². The number of rotatable bonds is 4. The van der Waals surface area contributed by atoms with Crippen molar-refractivity contribution >= 4 is 17.2 Å². The minimum absolute atomic E-state index is 0.108. The summed E-state index contributed by atoms with van der Waals surface area (Å²) in [4.78, 5) is 16.9. The normalized spacial score (nSPS) is 16.5. The Kier molecular flexibility index (Phi) is 2.68. The van der Waals surface area contributed by atoms with Crippen LogP contribution >= 0.6 is 11.3 Å². The predicted octanol–water partition coefficient (Wildman–Crippen LogP) is 1.51. The van der Waals surface area contributed by atoms with Crippen molar-refractivity contribution in [3.8, 4) is 10.8 Å². The fraction of sp³-hybridized carbons (Fsp3) is 0.333. The highest BCUT2D eigenvalue weighted by Gasteiger charge is 2.45. The number of nitrogens with one attached hydrogen (secondary N) is 1. The number of hydrogen-bond donors (Lipinski definition) is 2. The summed E-state index contributed by atoms with van der Waals surface area (Å²) in [6.45, 7) is 0.354. The van der Waals surface area contributed by atoms with E-state index in [-0.39, 0.29) is 5.91 Å². The number of hydrogen-bond acceptors (Lipinski definition) is 5. The van der Waals surface area contributed by atoms with Gasteiger partial charge in [0.05, 0.1) is 22.7 Å². The van der Waals surface area contributed by atoms with Crippen molar-refractivity contribution in [3.63, 3.8) is 0 Å². The molecule has 0 aromatic carbocycles. The second-order valence-electron chi connectivity index (χ2n) is 4.46. The summed E-state index contributed by atoms with van der Waals surface area (Å²) in [5, 5.41) is 4.74. The third kappa shape index (κ3) is 2.16. The molecule has 1 saturated carbocycles. The van der Waals surface area contributed by atoms with Crippen molar-refractivity contribution < 1.29 is 9.21 Å². The molecule has 1 aliphatic rings. The third-order valence-corrected chi connectivity index (χ3v) is 3.81. The zero-order valence-corrected chi connectivity index (χ0v) is 10.5. The molecular weight excluding hydrogens is 250 g/mol. The van der Waals surface area contributed by atoms with Crippen LogP contribution in [0.5, 0.6) is 0 Å². The first-order valence-electron chi connectivity index (χ1n) is 5.73. The summed E-state index contributed by atoms with van der Waals surface area (Å²) in [5.41, 5.74) is 5.85. The molecule has 1 amide bonds. The summed E-state index contributed by atoms with van der Waals surface area (Å²) in [6, 6.07) is 3.88. The molecule has 0 atom stereocenters. The molecule has 0 bridgehead atoms. The van der Waals surface area contributed by atoms with Crippen LogP contribution in [-0.2, 0) is 11.3 Å². The largest absolute Gasteiger partial charge is 0.443 e. The molecular formula is C12H13N3O2S. The number of amides is 1. The molecule has 1 fully saturated rings. The molecule has 2 aromatic heterocycles. The van der Waals surface area contributed by atoms with Gasteiger partial charge in [0.2, 0.25) is 11.8 Å². The summed E-state index contributed by atoms with van der Waals surface area (Å²) in [6.07, 6.45) is 3.08. The SMILES string of the molecule is NC1(C(=O)NCc2coc(-c3cccs3)n2)CC1. The molecule has 5 nitrogen and oxygen atoms in total. The van der Waals surface area contributed by atoms with Gasteiger partial charge in [0.15, 0.2) is 0 Å². The second-order valence-corrected chi connectivity index (χ2v) is 5.41. The molecule has 18 heavy (non-hydrogen) atoms. The van der Waals surface area contributed by atoms with E-state index in [1.54, 1.807) is 17.6 Å². The van der Waals surface area contributed by atoms with E-state index < -0.39 is 5.54 Å². The monoisotopic (exact) mass is 263 g/mol. The molecule has 0 radical (unpaired) electrons. The molecule has 6 heteroatoms. The van der Waals surface area contributed by atoms with E-state index in [1.807, 2.05) is 17.5 Å². The van der Waals surface area contributed by atoms with Gasteiger partial charge in [0.25, 0.3) is 0 Å². The number of aromatic nitrogens is 1. The lowest BCUT2D eigenvalue weighted by Gasteiger charge is -2.07. The highest BCUT2D eigenvalue weighted by Crippen LogP contribution is 2.32. The van der Waals surface area contributed by atoms with E-state index in [4.69, 9.17) is 10.2 Å². The van der Waals surface area contributed by atoms with Gasteiger partial charge in [0.1, 0.15) is 6.26 Å². The zero-order valence-electron chi connectivity index (χ0n) is 9.68. The Morgan fingerprint density at radius 3 is 3.11 bits per heavy atom. The molecule has 2 heterocycles. The number of thiophene rings is 1. The first-order valence-corrected chi connectivity index (χ1v) is 6.61. The van der Waals surface area contributed by atoms with E-state index in [9.17, 15) is 4.79 Å². The van der Waals surface area contributed by atoms with Gasteiger partial charge in [-0.15, -0.1) is 11.3 Å². The molecule has 1 aliphatic carbocycles. The van der Waals surface area contributed by atoms with Crippen LogP contribution in [0.1, 0.15) is 18.5 Å². The van der Waals surface area contributed by atoms with E-state index in [2.05, 4.69) is 10.3 Å². The standard InChI is InChI=1S/C12H13N3O2S/c13-12(3-4-12)11(16)14-6-8-7-17-10(15-8)9-2-1-5-18-9/h1-2,5,7H,3-4,6,13H2,(H,14,16). The summed E-state index contributed by atoms with van der Waals surface area (Å²) < 4.78 is 5.36. The second kappa shape index (κ2) is 4.22. The Bertz CT molecular complexity index is 558. The molecule has 0 aliphatic heterocycles. The number of carbonyl (C=O) groups excluding carboxylic acids is 1. The van der Waals surface area contributed by atoms with Gasteiger partial charge in [-0.3, -0.25) is 4.79 Å². The molecule has 0 spiro atoms. The van der Waals surface area contributed by atoms with Crippen LogP contribution in [0.3, 0.4) is 0 Å². The molecule has 3 rings (SSSR count). The van der Waals surface area contributed by atoms with Crippen LogP contribution in [0.15, 0.2) is 28.2 Å². The van der Waals surface area contributed by atoms with Crippen molar-refractivity contribution in [2.75, 3.05) is 0 Å². The number of oxazole rings is 1. The average molecular weight is 263 g/mol. The summed E-state index contributed by atoms with van der Waals surface area (Å²) in [5.74, 6) is 0.478. The Hall–Kier alpha value is -1.66. The van der Waals surface area contributed by atoms with Crippen LogP contribution < -0.4 is 11.1 Å². The van der Waals surface area contributed by atoms with Crippen LogP contribution in [0.4, 0.5) is 0 Å². The van der Waals surface area contributed by atoms with Crippen molar-refractivity contribution in [1.82, 2.24) is 10.3 Å². The third-order valence-electron chi connectivity index (χ3n) is 2.95. The van der Waals surface area contributed by atoms with Gasteiger partial charge >= 0.3 is 0 Å². The number of carbonyl (C=O) groups is 1. The summed E-state index contributed by atoms with van der Waals surface area (Å²) in [7, 11) is 0. The van der Waals surface area contributed by atoms with Gasteiger partial charge < -0.3 is 15.5 Å². The molecule has 0 saturated heterocycles. The fourth-order valence-electron chi connectivity index (χ4n) is 1.61. The zero-order chi connectivity index (χ0) is 12.6. The highest BCUT2D eigenvalue weighted by molar-refractivity contribution is 7.13. The minimum atomic E-state index is -0.639. The van der Waals surface area contributed by atoms with Gasteiger partial charge in [-0.1, -0.05) is 6.07 Å². The maximum absolute atomic E-state index is 11.6. The molecule has 0 unspecified atom stereocenters. The lowest BCUT2D eigenvalue weighted by molar-refractivity contribution is -0.123. The van der Waals surface area contributed by atoms with Crippen LogP contribution in [0.2, 0.25) is 0 Å². The fourth-order valence-corrected chi connectivity index (χ4v) is 2.27. The van der Waals surface area contributed by atoms with Crippen molar-refractivity contribution in [2.45, 2.75) is 24.9 Å². The Balaban J connectivity index is 1.62. The van der Waals surface area contributed by atoms with E-state index in [0.717, 1.165) is 17.7 Å². The Morgan fingerprint density at radius 2 is 2.44 bits per heavy atom. The summed E-state index contributed by atoms with van der Waals surface area (Å²) >= 11 is 1.56. The Morgan fingerprint density at radius 1 is 1.61 bits per heavy atom.